The first-order valence-electron chi connectivity index (χ1n) is 5.57. The van der Waals surface area contributed by atoms with Crippen molar-refractivity contribution in [2.45, 2.75) is 6.04 Å². The second-order valence-corrected chi connectivity index (χ2v) is 3.74. The number of anilines is 1. The number of ether oxygens (including phenoxy) is 1. The second-order valence-electron chi connectivity index (χ2n) is 3.74. The van der Waals surface area contributed by atoms with Crippen molar-refractivity contribution < 1.29 is 13.9 Å². The zero-order chi connectivity index (χ0) is 13.7. The lowest BCUT2D eigenvalue weighted by Crippen LogP contribution is -2.23. The van der Waals surface area contributed by atoms with E-state index >= 15 is 0 Å². The molecule has 1 aromatic heterocycles. The van der Waals surface area contributed by atoms with Crippen LogP contribution in [-0.2, 0) is 9.53 Å². The van der Waals surface area contributed by atoms with Gasteiger partial charge in [0.05, 0.1) is 19.5 Å². The number of carbonyl (C=O) groups is 1. The van der Waals surface area contributed by atoms with Crippen LogP contribution < -0.4 is 5.32 Å². The molecular formula is C13H12FN3O2. The maximum atomic E-state index is 12.7. The average molecular weight is 261 g/mol. The number of rotatable bonds is 4. The SMILES string of the molecule is COC(=O)C(Nc1ncc(F)cn1)c1ccccc1. The molecule has 0 aliphatic carbocycles. The van der Waals surface area contributed by atoms with E-state index in [9.17, 15) is 9.18 Å². The van der Waals surface area contributed by atoms with E-state index in [-0.39, 0.29) is 5.95 Å². The summed E-state index contributed by atoms with van der Waals surface area (Å²) < 4.78 is 17.5. The van der Waals surface area contributed by atoms with Gasteiger partial charge in [-0.15, -0.1) is 0 Å². The van der Waals surface area contributed by atoms with Crippen molar-refractivity contribution in [3.8, 4) is 0 Å². The number of halogens is 1. The Hall–Kier alpha value is -2.50. The van der Waals surface area contributed by atoms with Gasteiger partial charge in [0.2, 0.25) is 5.95 Å². The van der Waals surface area contributed by atoms with Gasteiger partial charge in [-0.25, -0.2) is 19.2 Å². The predicted octanol–water partition coefficient (Wildman–Crippen LogP) is 1.94. The molecule has 0 bridgehead atoms. The number of hydrogen-bond donors (Lipinski definition) is 1. The number of aromatic nitrogens is 2. The molecule has 5 nitrogen and oxygen atoms in total. The van der Waals surface area contributed by atoms with Crippen LogP contribution in [-0.4, -0.2) is 23.0 Å². The van der Waals surface area contributed by atoms with Crippen molar-refractivity contribution >= 4 is 11.9 Å². The molecule has 1 atom stereocenters. The summed E-state index contributed by atoms with van der Waals surface area (Å²) >= 11 is 0. The van der Waals surface area contributed by atoms with Crippen LogP contribution >= 0.6 is 0 Å². The molecule has 98 valence electrons. The van der Waals surface area contributed by atoms with E-state index in [0.29, 0.717) is 5.56 Å². The van der Waals surface area contributed by atoms with Gasteiger partial charge in [-0.3, -0.25) is 0 Å². The van der Waals surface area contributed by atoms with Crippen LogP contribution in [0.1, 0.15) is 11.6 Å². The minimum atomic E-state index is -0.739. The van der Waals surface area contributed by atoms with Crippen molar-refractivity contribution in [1.29, 1.82) is 0 Å². The summed E-state index contributed by atoms with van der Waals surface area (Å²) in [6.07, 6.45) is 2.04. The molecule has 1 aromatic carbocycles. The Balaban J connectivity index is 2.24. The Morgan fingerprint density at radius 3 is 2.47 bits per heavy atom. The van der Waals surface area contributed by atoms with Gasteiger partial charge in [-0.05, 0) is 5.56 Å². The van der Waals surface area contributed by atoms with Crippen LogP contribution in [0.4, 0.5) is 10.3 Å². The first-order valence-corrected chi connectivity index (χ1v) is 5.57. The van der Waals surface area contributed by atoms with Gasteiger partial charge in [0, 0.05) is 0 Å². The van der Waals surface area contributed by atoms with E-state index < -0.39 is 17.8 Å². The smallest absolute Gasteiger partial charge is 0.333 e. The molecule has 0 radical (unpaired) electrons. The maximum absolute atomic E-state index is 12.7. The first-order chi connectivity index (χ1) is 9.20. The summed E-state index contributed by atoms with van der Waals surface area (Å²) in [7, 11) is 1.30. The molecule has 19 heavy (non-hydrogen) atoms. The van der Waals surface area contributed by atoms with Crippen molar-refractivity contribution in [2.24, 2.45) is 0 Å². The molecular weight excluding hydrogens is 249 g/mol. The number of hydrogen-bond acceptors (Lipinski definition) is 5. The molecule has 2 aromatic rings. The van der Waals surface area contributed by atoms with E-state index in [0.717, 1.165) is 12.4 Å². The summed E-state index contributed by atoms with van der Waals surface area (Å²) in [4.78, 5) is 19.3. The number of esters is 1. The lowest BCUT2D eigenvalue weighted by molar-refractivity contribution is -0.141. The normalized spacial score (nSPS) is 11.7. The van der Waals surface area contributed by atoms with Crippen LogP contribution in [0.25, 0.3) is 0 Å². The molecule has 6 heteroatoms. The lowest BCUT2D eigenvalue weighted by atomic mass is 10.1. The fourth-order valence-electron chi connectivity index (χ4n) is 1.56. The van der Waals surface area contributed by atoms with Crippen molar-refractivity contribution in [3.63, 3.8) is 0 Å². The van der Waals surface area contributed by atoms with Gasteiger partial charge in [0.1, 0.15) is 0 Å². The van der Waals surface area contributed by atoms with Crippen LogP contribution in [0.3, 0.4) is 0 Å². The Kier molecular flexibility index (Phi) is 4.02. The molecule has 0 aliphatic heterocycles. The number of nitrogens with zero attached hydrogens (tertiary/aromatic N) is 2. The third-order valence-electron chi connectivity index (χ3n) is 2.46. The highest BCUT2D eigenvalue weighted by Crippen LogP contribution is 2.18. The minimum absolute atomic E-state index is 0.153. The fraction of sp³-hybridized carbons (Fsp3) is 0.154. The zero-order valence-corrected chi connectivity index (χ0v) is 10.2. The third kappa shape index (κ3) is 3.25. The molecule has 0 saturated carbocycles. The standard InChI is InChI=1S/C13H12FN3O2/c1-19-12(18)11(9-5-3-2-4-6-9)17-13-15-7-10(14)8-16-13/h2-8,11H,1H3,(H,15,16,17). The first kappa shape index (κ1) is 12.9. The van der Waals surface area contributed by atoms with E-state index in [2.05, 4.69) is 15.3 Å². The maximum Gasteiger partial charge on any atom is 0.333 e. The van der Waals surface area contributed by atoms with E-state index in [1.54, 1.807) is 24.3 Å². The number of benzene rings is 1. The van der Waals surface area contributed by atoms with Crippen LogP contribution in [0.2, 0.25) is 0 Å². The van der Waals surface area contributed by atoms with Gasteiger partial charge < -0.3 is 10.1 Å². The molecule has 0 amide bonds. The molecule has 1 heterocycles. The molecule has 1 unspecified atom stereocenters. The molecule has 0 spiro atoms. The summed E-state index contributed by atoms with van der Waals surface area (Å²) in [6, 6.07) is 8.26. The Bertz CT molecular complexity index is 546. The highest BCUT2D eigenvalue weighted by atomic mass is 19.1. The molecule has 0 aliphatic rings. The monoisotopic (exact) mass is 261 g/mol. The van der Waals surface area contributed by atoms with E-state index in [4.69, 9.17) is 4.74 Å². The van der Waals surface area contributed by atoms with Gasteiger partial charge >= 0.3 is 5.97 Å². The van der Waals surface area contributed by atoms with E-state index in [1.807, 2.05) is 6.07 Å². The Morgan fingerprint density at radius 1 is 1.26 bits per heavy atom. The van der Waals surface area contributed by atoms with Crippen LogP contribution in [0, 0.1) is 5.82 Å². The Labute approximate surface area is 109 Å². The van der Waals surface area contributed by atoms with E-state index in [1.165, 1.54) is 7.11 Å². The minimum Gasteiger partial charge on any atom is -0.467 e. The molecule has 0 saturated heterocycles. The molecule has 1 N–H and O–H groups in total. The summed E-state index contributed by atoms with van der Waals surface area (Å²) in [6.45, 7) is 0. The van der Waals surface area contributed by atoms with Crippen molar-refractivity contribution in [2.75, 3.05) is 12.4 Å². The second kappa shape index (κ2) is 5.90. The Morgan fingerprint density at radius 2 is 1.89 bits per heavy atom. The highest BCUT2D eigenvalue weighted by molar-refractivity contribution is 5.80. The summed E-state index contributed by atoms with van der Waals surface area (Å²) in [5, 5.41) is 2.81. The highest BCUT2D eigenvalue weighted by Gasteiger charge is 2.21. The number of nitrogens with one attached hydrogen (secondary N) is 1. The molecule has 2 rings (SSSR count). The summed E-state index contributed by atoms with van der Waals surface area (Å²) in [5.74, 6) is -0.861. The van der Waals surface area contributed by atoms with Crippen LogP contribution in [0.15, 0.2) is 42.7 Å². The largest absolute Gasteiger partial charge is 0.467 e. The fourth-order valence-corrected chi connectivity index (χ4v) is 1.56. The van der Waals surface area contributed by atoms with Gasteiger partial charge in [0.25, 0.3) is 0 Å². The summed E-state index contributed by atoms with van der Waals surface area (Å²) in [5.41, 5.74) is 0.710. The number of carbonyl (C=O) groups excluding carboxylic acids is 1. The van der Waals surface area contributed by atoms with Crippen molar-refractivity contribution in [3.05, 3.63) is 54.1 Å². The lowest BCUT2D eigenvalue weighted by Gasteiger charge is -2.16. The van der Waals surface area contributed by atoms with Gasteiger partial charge in [-0.1, -0.05) is 30.3 Å². The molecule has 0 fully saturated rings. The third-order valence-corrected chi connectivity index (χ3v) is 2.46. The quantitative estimate of drug-likeness (QED) is 0.852. The van der Waals surface area contributed by atoms with Crippen LogP contribution in [0.5, 0.6) is 0 Å². The predicted molar refractivity (Wildman–Crippen MR) is 66.8 cm³/mol. The zero-order valence-electron chi connectivity index (χ0n) is 10.2. The number of methoxy groups -OCH3 is 1. The van der Waals surface area contributed by atoms with Crippen molar-refractivity contribution in [1.82, 2.24) is 9.97 Å². The topological polar surface area (TPSA) is 64.1 Å². The average Bonchev–Trinajstić information content (AvgIpc) is 2.47. The van der Waals surface area contributed by atoms with Gasteiger partial charge in [0.15, 0.2) is 11.9 Å². The van der Waals surface area contributed by atoms with Gasteiger partial charge in [-0.2, -0.15) is 0 Å².